The van der Waals surface area contributed by atoms with Gasteiger partial charge in [-0.05, 0) is 29.8 Å². The first-order chi connectivity index (χ1) is 10.1. The number of carbonyl (C=O) groups is 1. The Morgan fingerprint density at radius 2 is 2.00 bits per heavy atom. The number of hydrogen-bond donors (Lipinski definition) is 1. The number of carbonyl (C=O) groups excluding carboxylic acids is 1. The summed E-state index contributed by atoms with van der Waals surface area (Å²) in [5.41, 5.74) is 1.34. The number of rotatable bonds is 2. The molecule has 2 heterocycles. The number of hydrogen-bond acceptors (Lipinski definition) is 4. The second kappa shape index (κ2) is 5.81. The highest BCUT2D eigenvalue weighted by Gasteiger charge is 2.24. The predicted molar refractivity (Wildman–Crippen MR) is 89.9 cm³/mol. The number of aromatic nitrogens is 2. The van der Waals surface area contributed by atoms with Crippen molar-refractivity contribution in [2.75, 3.05) is 0 Å². The zero-order chi connectivity index (χ0) is 15.0. The van der Waals surface area contributed by atoms with E-state index >= 15 is 0 Å². The van der Waals surface area contributed by atoms with Crippen LogP contribution in [0.3, 0.4) is 0 Å². The predicted octanol–water partition coefficient (Wildman–Crippen LogP) is 3.67. The summed E-state index contributed by atoms with van der Waals surface area (Å²) in [6.45, 7) is 0. The van der Waals surface area contributed by atoms with Gasteiger partial charge in [-0.15, -0.1) is 0 Å². The topological polar surface area (TPSA) is 46.9 Å². The molecule has 0 spiro atoms. The first kappa shape index (κ1) is 14.6. The van der Waals surface area contributed by atoms with Crippen LogP contribution >= 0.6 is 47.2 Å². The van der Waals surface area contributed by atoms with Crippen molar-refractivity contribution in [1.82, 2.24) is 14.9 Å². The van der Waals surface area contributed by atoms with Crippen LogP contribution in [0.15, 0.2) is 35.2 Å². The molecule has 1 saturated heterocycles. The van der Waals surface area contributed by atoms with Crippen molar-refractivity contribution in [1.29, 1.82) is 0 Å². The van der Waals surface area contributed by atoms with Crippen molar-refractivity contribution >= 4 is 63.5 Å². The summed E-state index contributed by atoms with van der Waals surface area (Å²) in [7, 11) is 0. The van der Waals surface area contributed by atoms with Gasteiger partial charge in [0.05, 0.1) is 10.6 Å². The smallest absolute Gasteiger partial charge is 0.263 e. The third-order valence-electron chi connectivity index (χ3n) is 2.75. The number of halogens is 2. The third kappa shape index (κ3) is 2.85. The van der Waals surface area contributed by atoms with Crippen molar-refractivity contribution < 1.29 is 4.79 Å². The molecular formula is C13H7Cl2N3OS2. The fourth-order valence-electron chi connectivity index (χ4n) is 1.87. The second-order valence-electron chi connectivity index (χ2n) is 4.08. The minimum absolute atomic E-state index is 0.225. The average molecular weight is 356 g/mol. The van der Waals surface area contributed by atoms with Gasteiger partial charge < -0.3 is 5.32 Å². The molecule has 0 atom stereocenters. The Kier molecular flexibility index (Phi) is 4.03. The molecule has 0 radical (unpaired) electrons. The van der Waals surface area contributed by atoms with Crippen LogP contribution in [0.4, 0.5) is 0 Å². The molecule has 1 aliphatic rings. The molecule has 106 valence electrons. The van der Waals surface area contributed by atoms with E-state index in [1.165, 1.54) is 11.8 Å². The van der Waals surface area contributed by atoms with Crippen molar-refractivity contribution in [3.8, 4) is 5.69 Å². The van der Waals surface area contributed by atoms with Gasteiger partial charge in [0, 0.05) is 5.69 Å². The first-order valence-corrected chi connectivity index (χ1v) is 7.78. The molecule has 1 aromatic heterocycles. The molecule has 8 heteroatoms. The summed E-state index contributed by atoms with van der Waals surface area (Å²) >= 11 is 18.4. The van der Waals surface area contributed by atoms with Gasteiger partial charge >= 0.3 is 0 Å². The van der Waals surface area contributed by atoms with E-state index in [4.69, 9.17) is 35.4 Å². The Morgan fingerprint density at radius 1 is 1.29 bits per heavy atom. The van der Waals surface area contributed by atoms with Gasteiger partial charge in [0.15, 0.2) is 5.15 Å². The Bertz CT molecular complexity index is 771. The van der Waals surface area contributed by atoms with E-state index in [-0.39, 0.29) is 16.3 Å². The number of amides is 1. The van der Waals surface area contributed by atoms with Gasteiger partial charge in [-0.3, -0.25) is 9.36 Å². The molecule has 1 N–H and O–H groups in total. The number of nitrogens with zero attached hydrogens (tertiary/aromatic N) is 2. The number of thiocarbonyl (C=S) groups is 1. The molecule has 21 heavy (non-hydrogen) atoms. The van der Waals surface area contributed by atoms with Crippen LogP contribution in [0, 0.1) is 0 Å². The van der Waals surface area contributed by atoms with E-state index in [1.807, 2.05) is 30.3 Å². The number of benzene rings is 1. The summed E-state index contributed by atoms with van der Waals surface area (Å²) in [6, 6.07) is 9.40. The lowest BCUT2D eigenvalue weighted by molar-refractivity contribution is -0.115. The highest BCUT2D eigenvalue weighted by atomic mass is 35.5. The van der Waals surface area contributed by atoms with Crippen molar-refractivity contribution in [3.63, 3.8) is 0 Å². The van der Waals surface area contributed by atoms with Gasteiger partial charge in [-0.2, -0.15) is 0 Å². The van der Waals surface area contributed by atoms with Crippen molar-refractivity contribution in [2.24, 2.45) is 0 Å². The highest BCUT2D eigenvalue weighted by molar-refractivity contribution is 8.26. The minimum Gasteiger partial charge on any atom is -0.307 e. The van der Waals surface area contributed by atoms with Gasteiger partial charge in [0.25, 0.3) is 5.91 Å². The van der Waals surface area contributed by atoms with Gasteiger partial charge in [-0.25, -0.2) is 4.98 Å². The fourth-order valence-corrected chi connectivity index (χ4v) is 3.43. The molecule has 1 aromatic carbocycles. The summed E-state index contributed by atoms with van der Waals surface area (Å²) in [6.07, 6.45) is 1.63. The third-order valence-corrected chi connectivity index (χ3v) is 4.45. The van der Waals surface area contributed by atoms with E-state index in [0.29, 0.717) is 14.9 Å². The zero-order valence-corrected chi connectivity index (χ0v) is 13.5. The lowest BCUT2D eigenvalue weighted by Gasteiger charge is -2.07. The SMILES string of the molecule is O=C1NC(=S)S/C1=C\c1c(Cl)nc(Cl)n1-c1ccccc1. The average Bonchev–Trinajstić information content (AvgIpc) is 2.91. The maximum Gasteiger partial charge on any atom is 0.263 e. The number of thioether (sulfide) groups is 1. The van der Waals surface area contributed by atoms with Crippen LogP contribution in [-0.4, -0.2) is 19.8 Å². The Labute approximate surface area is 140 Å². The molecule has 1 aliphatic heterocycles. The molecule has 2 aromatic rings. The highest BCUT2D eigenvalue weighted by Crippen LogP contribution is 2.31. The van der Waals surface area contributed by atoms with Crippen LogP contribution in [0.5, 0.6) is 0 Å². The van der Waals surface area contributed by atoms with Crippen molar-refractivity contribution in [3.05, 3.63) is 51.4 Å². The molecule has 1 amide bonds. The minimum atomic E-state index is -0.252. The zero-order valence-electron chi connectivity index (χ0n) is 10.3. The van der Waals surface area contributed by atoms with Gasteiger partial charge in [0.2, 0.25) is 5.28 Å². The van der Waals surface area contributed by atoms with Crippen LogP contribution in [0.2, 0.25) is 10.4 Å². The van der Waals surface area contributed by atoms with Crippen molar-refractivity contribution in [2.45, 2.75) is 0 Å². The summed E-state index contributed by atoms with van der Waals surface area (Å²) in [5, 5.41) is 3.00. The van der Waals surface area contributed by atoms with Crippen LogP contribution in [0.1, 0.15) is 5.69 Å². The van der Waals surface area contributed by atoms with E-state index in [1.54, 1.807) is 10.6 Å². The van der Waals surface area contributed by atoms with E-state index in [0.717, 1.165) is 5.69 Å². The Morgan fingerprint density at radius 3 is 2.62 bits per heavy atom. The second-order valence-corrected chi connectivity index (χ2v) is 6.50. The first-order valence-electron chi connectivity index (χ1n) is 5.80. The number of para-hydroxylation sites is 1. The van der Waals surface area contributed by atoms with Crippen LogP contribution in [0.25, 0.3) is 11.8 Å². The van der Waals surface area contributed by atoms with E-state index in [2.05, 4.69) is 10.3 Å². The van der Waals surface area contributed by atoms with E-state index in [9.17, 15) is 4.79 Å². The summed E-state index contributed by atoms with van der Waals surface area (Å²) in [4.78, 5) is 16.3. The normalized spacial score (nSPS) is 16.6. The van der Waals surface area contributed by atoms with Crippen LogP contribution < -0.4 is 5.32 Å². The van der Waals surface area contributed by atoms with Crippen LogP contribution in [-0.2, 0) is 4.79 Å². The quantitative estimate of drug-likeness (QED) is 0.659. The van der Waals surface area contributed by atoms with Gasteiger partial charge in [0.1, 0.15) is 4.32 Å². The lowest BCUT2D eigenvalue weighted by Crippen LogP contribution is -2.17. The molecule has 1 fully saturated rings. The lowest BCUT2D eigenvalue weighted by atomic mass is 10.3. The summed E-state index contributed by atoms with van der Waals surface area (Å²) < 4.78 is 2.09. The molecule has 0 aliphatic carbocycles. The maximum absolute atomic E-state index is 11.8. The standard InChI is InChI=1S/C13H7Cl2N3OS2/c14-10-8(6-9-11(19)17-13(20)21-9)18(12(15)16-10)7-4-2-1-3-5-7/h1-6H,(H,17,19,20)/b9-6-. The Hall–Kier alpha value is -1.34. The molecule has 0 unspecified atom stereocenters. The molecule has 4 nitrogen and oxygen atoms in total. The number of imidazole rings is 1. The molecule has 0 saturated carbocycles. The molecule has 3 rings (SSSR count). The monoisotopic (exact) mass is 355 g/mol. The molecular weight excluding hydrogens is 349 g/mol. The summed E-state index contributed by atoms with van der Waals surface area (Å²) in [5.74, 6) is -0.252. The van der Waals surface area contributed by atoms with E-state index < -0.39 is 0 Å². The maximum atomic E-state index is 11.8. The molecule has 0 bridgehead atoms. The Balaban J connectivity index is 2.14. The number of nitrogens with one attached hydrogen (secondary N) is 1. The largest absolute Gasteiger partial charge is 0.307 e. The van der Waals surface area contributed by atoms with Gasteiger partial charge in [-0.1, -0.05) is 53.8 Å². The fraction of sp³-hybridized carbons (Fsp3) is 0.